The lowest BCUT2D eigenvalue weighted by Gasteiger charge is -2.42. The first-order valence-corrected chi connectivity index (χ1v) is 12.1. The van der Waals surface area contributed by atoms with E-state index in [9.17, 15) is 14.3 Å². The number of aromatic nitrogens is 2. The van der Waals surface area contributed by atoms with E-state index in [1.807, 2.05) is 0 Å². The number of carboxylic acid groups (broad SMARTS) is 1. The number of aliphatic carboxylic acids is 1. The zero-order valence-corrected chi connectivity index (χ0v) is 19.0. The number of halogens is 1. The summed E-state index contributed by atoms with van der Waals surface area (Å²) in [7, 11) is 0. The van der Waals surface area contributed by atoms with Gasteiger partial charge in [-0.3, -0.25) is 4.79 Å². The molecule has 2 atom stereocenters. The SMILES string of the molecule is O=C(O)C1(CN2CCC(CC[C@@H]3CC3c3ccccc3)(COc3ncc(F)cn3)CC2)CC1. The number of carboxylic acids is 1. The van der Waals surface area contributed by atoms with Gasteiger partial charge in [-0.1, -0.05) is 30.3 Å². The molecule has 0 bridgehead atoms. The molecule has 1 aliphatic heterocycles. The molecule has 3 fully saturated rings. The Bertz CT molecular complexity index is 957. The van der Waals surface area contributed by atoms with Crippen molar-refractivity contribution in [3.63, 3.8) is 0 Å². The fourth-order valence-electron chi connectivity index (χ4n) is 5.43. The van der Waals surface area contributed by atoms with Crippen LogP contribution in [0.1, 0.15) is 56.4 Å². The quantitative estimate of drug-likeness (QED) is 0.570. The summed E-state index contributed by atoms with van der Waals surface area (Å²) in [6, 6.07) is 11.0. The molecule has 2 saturated carbocycles. The van der Waals surface area contributed by atoms with Crippen LogP contribution < -0.4 is 4.74 Å². The van der Waals surface area contributed by atoms with Crippen molar-refractivity contribution in [2.24, 2.45) is 16.7 Å². The molecule has 1 saturated heterocycles. The standard InChI is InChI=1S/C26H32FN3O3/c27-21-15-28-24(29-16-21)33-18-25(7-6-20-14-22(20)19-4-2-1-3-5-19)10-12-30(13-11-25)17-26(8-9-26)23(31)32/h1-5,15-16,20,22H,6-14,17-18H2,(H,31,32)/t20-,22?/m1/s1. The Labute approximate surface area is 194 Å². The van der Waals surface area contributed by atoms with E-state index in [1.54, 1.807) is 0 Å². The maximum atomic E-state index is 13.2. The predicted octanol–water partition coefficient (Wildman–Crippen LogP) is 4.53. The van der Waals surface area contributed by atoms with Crippen LogP contribution in [0.2, 0.25) is 0 Å². The Kier molecular flexibility index (Phi) is 6.08. The molecule has 176 valence electrons. The predicted molar refractivity (Wildman–Crippen MR) is 121 cm³/mol. The van der Waals surface area contributed by atoms with Gasteiger partial charge in [-0.2, -0.15) is 0 Å². The summed E-state index contributed by atoms with van der Waals surface area (Å²) in [6.07, 6.45) is 9.25. The van der Waals surface area contributed by atoms with Crippen molar-refractivity contribution in [3.8, 4) is 6.01 Å². The number of ether oxygens (including phenoxy) is 1. The summed E-state index contributed by atoms with van der Waals surface area (Å²) in [6.45, 7) is 2.93. The average molecular weight is 454 g/mol. The number of likely N-dealkylation sites (tertiary alicyclic amines) is 1. The molecule has 1 aromatic heterocycles. The van der Waals surface area contributed by atoms with Gasteiger partial charge >= 0.3 is 12.0 Å². The normalized spacial score (nSPS) is 25.4. The molecule has 33 heavy (non-hydrogen) atoms. The first-order valence-electron chi connectivity index (χ1n) is 12.1. The molecule has 0 radical (unpaired) electrons. The third-order valence-electron chi connectivity index (χ3n) is 8.05. The lowest BCUT2D eigenvalue weighted by Crippen LogP contribution is -2.46. The largest absolute Gasteiger partial charge is 0.481 e. The maximum Gasteiger partial charge on any atom is 0.316 e. The smallest absolute Gasteiger partial charge is 0.316 e. The fourth-order valence-corrected chi connectivity index (χ4v) is 5.43. The van der Waals surface area contributed by atoms with Gasteiger partial charge in [-0.25, -0.2) is 14.4 Å². The monoisotopic (exact) mass is 453 g/mol. The van der Waals surface area contributed by atoms with Gasteiger partial charge < -0.3 is 14.7 Å². The molecular weight excluding hydrogens is 421 g/mol. The molecule has 1 aromatic carbocycles. The number of carbonyl (C=O) groups is 1. The summed E-state index contributed by atoms with van der Waals surface area (Å²) in [4.78, 5) is 21.9. The van der Waals surface area contributed by atoms with Gasteiger partial charge in [0, 0.05) is 12.0 Å². The zero-order valence-electron chi connectivity index (χ0n) is 19.0. The van der Waals surface area contributed by atoms with E-state index in [2.05, 4.69) is 45.2 Å². The first kappa shape index (κ1) is 22.3. The minimum absolute atomic E-state index is 0.0119. The molecule has 7 heteroatoms. The molecule has 2 aromatic rings. The molecule has 3 aliphatic rings. The number of rotatable bonds is 10. The summed E-state index contributed by atoms with van der Waals surface area (Å²) >= 11 is 0. The highest BCUT2D eigenvalue weighted by atomic mass is 19.1. The van der Waals surface area contributed by atoms with E-state index in [0.717, 1.165) is 64.0 Å². The van der Waals surface area contributed by atoms with Crippen LogP contribution in [0.15, 0.2) is 42.7 Å². The molecule has 6 nitrogen and oxygen atoms in total. The Hall–Kier alpha value is -2.54. The number of nitrogens with zero attached hydrogens (tertiary/aromatic N) is 3. The Morgan fingerprint density at radius 3 is 2.45 bits per heavy atom. The van der Waals surface area contributed by atoms with E-state index >= 15 is 0 Å². The molecule has 0 spiro atoms. The number of piperidine rings is 1. The van der Waals surface area contributed by atoms with Crippen LogP contribution in [-0.2, 0) is 4.79 Å². The first-order chi connectivity index (χ1) is 16.0. The maximum absolute atomic E-state index is 13.2. The topological polar surface area (TPSA) is 75.5 Å². The van der Waals surface area contributed by atoms with E-state index in [1.165, 1.54) is 12.0 Å². The molecule has 5 rings (SSSR count). The lowest BCUT2D eigenvalue weighted by atomic mass is 9.74. The van der Waals surface area contributed by atoms with Gasteiger partial charge in [0.05, 0.1) is 24.4 Å². The lowest BCUT2D eigenvalue weighted by molar-refractivity contribution is -0.144. The number of hydrogen-bond donors (Lipinski definition) is 1. The van der Waals surface area contributed by atoms with Crippen molar-refractivity contribution in [1.82, 2.24) is 14.9 Å². The van der Waals surface area contributed by atoms with E-state index < -0.39 is 17.2 Å². The zero-order chi connectivity index (χ0) is 22.9. The highest BCUT2D eigenvalue weighted by Crippen LogP contribution is 2.53. The van der Waals surface area contributed by atoms with Crippen molar-refractivity contribution in [2.75, 3.05) is 26.2 Å². The summed E-state index contributed by atoms with van der Waals surface area (Å²) < 4.78 is 19.1. The van der Waals surface area contributed by atoms with Crippen molar-refractivity contribution >= 4 is 5.97 Å². The molecule has 1 N–H and O–H groups in total. The van der Waals surface area contributed by atoms with Crippen LogP contribution in [0.4, 0.5) is 4.39 Å². The van der Waals surface area contributed by atoms with Crippen LogP contribution in [0.5, 0.6) is 6.01 Å². The van der Waals surface area contributed by atoms with Gasteiger partial charge in [0.2, 0.25) is 0 Å². The molecule has 2 heterocycles. The van der Waals surface area contributed by atoms with Gasteiger partial charge in [-0.05, 0) is 75.4 Å². The molecule has 0 amide bonds. The second-order valence-corrected chi connectivity index (χ2v) is 10.4. The van der Waals surface area contributed by atoms with Crippen LogP contribution in [0, 0.1) is 22.6 Å². The fraction of sp³-hybridized carbons (Fsp3) is 0.577. The summed E-state index contributed by atoms with van der Waals surface area (Å²) in [5.74, 6) is 0.247. The van der Waals surface area contributed by atoms with Gasteiger partial charge in [0.15, 0.2) is 5.82 Å². The second kappa shape index (κ2) is 9.01. The van der Waals surface area contributed by atoms with E-state index in [4.69, 9.17) is 4.74 Å². The molecular formula is C26H32FN3O3. The van der Waals surface area contributed by atoms with E-state index in [-0.39, 0.29) is 11.4 Å². The van der Waals surface area contributed by atoms with Gasteiger partial charge in [0.1, 0.15) is 0 Å². The average Bonchev–Trinajstić information content (AvgIpc) is 3.76. The second-order valence-electron chi connectivity index (χ2n) is 10.4. The highest BCUT2D eigenvalue weighted by molar-refractivity contribution is 5.78. The molecule has 2 aliphatic carbocycles. The number of hydrogen-bond acceptors (Lipinski definition) is 5. The van der Waals surface area contributed by atoms with Crippen LogP contribution in [0.3, 0.4) is 0 Å². The third-order valence-corrected chi connectivity index (χ3v) is 8.05. The minimum atomic E-state index is -0.656. The van der Waals surface area contributed by atoms with Crippen molar-refractivity contribution < 1.29 is 19.0 Å². The van der Waals surface area contributed by atoms with Crippen LogP contribution >= 0.6 is 0 Å². The van der Waals surface area contributed by atoms with Crippen molar-refractivity contribution in [1.29, 1.82) is 0 Å². The van der Waals surface area contributed by atoms with Gasteiger partial charge in [0.25, 0.3) is 0 Å². The van der Waals surface area contributed by atoms with Gasteiger partial charge in [-0.15, -0.1) is 0 Å². The Morgan fingerprint density at radius 1 is 1.12 bits per heavy atom. The number of benzene rings is 1. The highest BCUT2D eigenvalue weighted by Gasteiger charge is 2.52. The minimum Gasteiger partial charge on any atom is -0.481 e. The van der Waals surface area contributed by atoms with Crippen molar-refractivity contribution in [3.05, 3.63) is 54.1 Å². The van der Waals surface area contributed by atoms with Crippen LogP contribution in [0.25, 0.3) is 0 Å². The van der Waals surface area contributed by atoms with E-state index in [0.29, 0.717) is 25.0 Å². The Balaban J connectivity index is 1.20. The summed E-state index contributed by atoms with van der Waals surface area (Å²) in [5.41, 5.74) is 0.929. The third kappa shape index (κ3) is 5.18. The van der Waals surface area contributed by atoms with Crippen molar-refractivity contribution in [2.45, 2.75) is 50.9 Å². The summed E-state index contributed by atoms with van der Waals surface area (Å²) in [5, 5.41) is 9.55. The van der Waals surface area contributed by atoms with Crippen LogP contribution in [-0.4, -0.2) is 52.2 Å². The molecule has 1 unspecified atom stereocenters. The Morgan fingerprint density at radius 2 is 1.82 bits per heavy atom.